The molecule has 0 radical (unpaired) electrons. The highest BCUT2D eigenvalue weighted by molar-refractivity contribution is 6.26. The van der Waals surface area contributed by atoms with Gasteiger partial charge in [-0.2, -0.15) is 0 Å². The molecule has 0 unspecified atom stereocenters. The van der Waals surface area contributed by atoms with Crippen LogP contribution < -0.4 is 0 Å². The van der Waals surface area contributed by atoms with Crippen molar-refractivity contribution in [1.29, 1.82) is 0 Å². The van der Waals surface area contributed by atoms with Crippen molar-refractivity contribution < 1.29 is 0 Å². The summed E-state index contributed by atoms with van der Waals surface area (Å²) in [5, 5.41) is 7.89. The van der Waals surface area contributed by atoms with E-state index in [0.717, 1.165) is 0 Å². The lowest BCUT2D eigenvalue weighted by molar-refractivity contribution is 1.50. The lowest BCUT2D eigenvalue weighted by Gasteiger charge is -2.16. The summed E-state index contributed by atoms with van der Waals surface area (Å²) < 4.78 is 0. The van der Waals surface area contributed by atoms with Gasteiger partial charge in [0.1, 0.15) is 0 Å². The van der Waals surface area contributed by atoms with E-state index in [9.17, 15) is 0 Å². The van der Waals surface area contributed by atoms with Gasteiger partial charge in [-0.05, 0) is 61.5 Å². The largest absolute Gasteiger partial charge is 0.0985 e. The normalized spacial score (nSPS) is 11.1. The molecular formula is C31H32. The minimum Gasteiger partial charge on any atom is -0.0985 e. The number of rotatable bonds is 3. The number of hydrogen-bond donors (Lipinski definition) is 0. The van der Waals surface area contributed by atoms with Gasteiger partial charge in [0.15, 0.2) is 0 Å². The summed E-state index contributed by atoms with van der Waals surface area (Å²) >= 11 is 0. The first-order valence-electron chi connectivity index (χ1n) is 11.4. The molecule has 0 bridgehead atoms. The van der Waals surface area contributed by atoms with Crippen molar-refractivity contribution in [1.82, 2.24) is 0 Å². The maximum atomic E-state index is 4.00. The second-order valence-electron chi connectivity index (χ2n) is 6.96. The molecule has 0 amide bonds. The van der Waals surface area contributed by atoms with Gasteiger partial charge in [-0.15, -0.1) is 0 Å². The molecule has 0 nitrogen and oxygen atoms in total. The highest BCUT2D eigenvalue weighted by Crippen LogP contribution is 2.41. The number of benzene rings is 5. The van der Waals surface area contributed by atoms with Crippen LogP contribution in [-0.2, 0) is 0 Å². The van der Waals surface area contributed by atoms with E-state index in [2.05, 4.69) is 98.4 Å². The molecule has 0 saturated carbocycles. The Bertz CT molecular complexity index is 1320. The zero-order valence-corrected chi connectivity index (χ0v) is 19.4. The van der Waals surface area contributed by atoms with Crippen molar-refractivity contribution in [3.8, 4) is 11.1 Å². The SMILES string of the molecule is C=C/C(=C\C)c1ccc2ccc3c(-c4ccccc4)ccc4ccc1c2c43.CC.CC. The van der Waals surface area contributed by atoms with Gasteiger partial charge < -0.3 is 0 Å². The van der Waals surface area contributed by atoms with Gasteiger partial charge in [0, 0.05) is 0 Å². The molecule has 31 heavy (non-hydrogen) atoms. The van der Waals surface area contributed by atoms with Gasteiger partial charge in [0.25, 0.3) is 0 Å². The molecule has 0 aliphatic heterocycles. The zero-order valence-electron chi connectivity index (χ0n) is 19.4. The van der Waals surface area contributed by atoms with E-state index in [1.54, 1.807) is 0 Å². The van der Waals surface area contributed by atoms with Gasteiger partial charge >= 0.3 is 0 Å². The summed E-state index contributed by atoms with van der Waals surface area (Å²) in [5.41, 5.74) is 4.98. The van der Waals surface area contributed by atoms with Gasteiger partial charge in [0.2, 0.25) is 0 Å². The van der Waals surface area contributed by atoms with Crippen LogP contribution in [0.15, 0.2) is 97.6 Å². The molecule has 5 aromatic rings. The minimum atomic E-state index is 1.18. The quantitative estimate of drug-likeness (QED) is 0.207. The highest BCUT2D eigenvalue weighted by Gasteiger charge is 2.14. The first kappa shape index (κ1) is 22.3. The molecule has 0 spiro atoms. The van der Waals surface area contributed by atoms with E-state index < -0.39 is 0 Å². The van der Waals surface area contributed by atoms with Crippen LogP contribution in [0.3, 0.4) is 0 Å². The molecule has 0 aromatic heterocycles. The first-order chi connectivity index (χ1) is 15.3. The smallest absolute Gasteiger partial charge is 0.00203 e. The Morgan fingerprint density at radius 1 is 0.645 bits per heavy atom. The third-order valence-corrected chi connectivity index (χ3v) is 5.59. The third-order valence-electron chi connectivity index (χ3n) is 5.59. The summed E-state index contributed by atoms with van der Waals surface area (Å²) in [7, 11) is 0. The molecule has 0 aliphatic rings. The van der Waals surface area contributed by atoms with Crippen molar-refractivity contribution in [3.63, 3.8) is 0 Å². The van der Waals surface area contributed by atoms with Crippen molar-refractivity contribution in [2.45, 2.75) is 34.6 Å². The Hall–Kier alpha value is -3.38. The second kappa shape index (κ2) is 10.1. The second-order valence-corrected chi connectivity index (χ2v) is 6.96. The van der Waals surface area contributed by atoms with Crippen molar-refractivity contribution >= 4 is 37.9 Å². The molecule has 5 rings (SSSR count). The molecule has 0 fully saturated rings. The Balaban J connectivity index is 0.000000645. The van der Waals surface area contributed by atoms with Crippen molar-refractivity contribution in [2.75, 3.05) is 0 Å². The molecule has 5 aromatic carbocycles. The van der Waals surface area contributed by atoms with Gasteiger partial charge in [-0.1, -0.05) is 125 Å². The summed E-state index contributed by atoms with van der Waals surface area (Å²) in [6.07, 6.45) is 4.08. The van der Waals surface area contributed by atoms with E-state index in [-0.39, 0.29) is 0 Å². The Kier molecular flexibility index (Phi) is 7.26. The fourth-order valence-electron chi connectivity index (χ4n) is 4.31. The average molecular weight is 405 g/mol. The van der Waals surface area contributed by atoms with Crippen LogP contribution in [0.4, 0.5) is 0 Å². The molecule has 0 atom stereocenters. The van der Waals surface area contributed by atoms with Crippen LogP contribution >= 0.6 is 0 Å². The summed E-state index contributed by atoms with van der Waals surface area (Å²) in [4.78, 5) is 0. The summed E-state index contributed by atoms with van der Waals surface area (Å²) in [6, 6.07) is 28.6. The van der Waals surface area contributed by atoms with Crippen LogP contribution in [0.25, 0.3) is 49.0 Å². The van der Waals surface area contributed by atoms with Crippen LogP contribution in [0.5, 0.6) is 0 Å². The number of allylic oxidation sites excluding steroid dienone is 3. The molecule has 156 valence electrons. The Morgan fingerprint density at radius 2 is 1.19 bits per heavy atom. The van der Waals surface area contributed by atoms with E-state index in [1.807, 2.05) is 33.8 Å². The Morgan fingerprint density at radius 3 is 1.81 bits per heavy atom. The maximum Gasteiger partial charge on any atom is -0.00203 e. The highest BCUT2D eigenvalue weighted by atomic mass is 14.2. The van der Waals surface area contributed by atoms with Crippen molar-refractivity contribution in [2.24, 2.45) is 0 Å². The van der Waals surface area contributed by atoms with Crippen LogP contribution in [-0.4, -0.2) is 0 Å². The molecule has 0 heteroatoms. The third kappa shape index (κ3) is 3.86. The summed E-state index contributed by atoms with van der Waals surface area (Å²) in [5.74, 6) is 0. The van der Waals surface area contributed by atoms with E-state index in [1.165, 1.54) is 54.6 Å². The molecule has 0 aliphatic carbocycles. The van der Waals surface area contributed by atoms with E-state index in [0.29, 0.717) is 0 Å². The lowest BCUT2D eigenvalue weighted by Crippen LogP contribution is -1.90. The lowest BCUT2D eigenvalue weighted by atomic mass is 9.87. The van der Waals surface area contributed by atoms with Gasteiger partial charge in [-0.3, -0.25) is 0 Å². The molecule has 0 heterocycles. The van der Waals surface area contributed by atoms with Gasteiger partial charge in [-0.25, -0.2) is 0 Å². The molecular weight excluding hydrogens is 372 g/mol. The molecule has 0 N–H and O–H groups in total. The van der Waals surface area contributed by atoms with E-state index in [4.69, 9.17) is 0 Å². The minimum absolute atomic E-state index is 1.18. The first-order valence-corrected chi connectivity index (χ1v) is 11.4. The topological polar surface area (TPSA) is 0 Å². The fourth-order valence-corrected chi connectivity index (χ4v) is 4.31. The maximum absolute atomic E-state index is 4.00. The predicted octanol–water partition coefficient (Wildman–Crippen LogP) is 9.89. The van der Waals surface area contributed by atoms with Crippen LogP contribution in [0.1, 0.15) is 40.2 Å². The average Bonchev–Trinajstić information content (AvgIpc) is 2.86. The fraction of sp³-hybridized carbons (Fsp3) is 0.161. The predicted molar refractivity (Wildman–Crippen MR) is 142 cm³/mol. The van der Waals surface area contributed by atoms with E-state index >= 15 is 0 Å². The molecule has 0 saturated heterocycles. The Labute approximate surface area is 186 Å². The standard InChI is InChI=1S/C27H20.2C2H6/c1-3-18(4-2)22-14-10-20-13-17-25-23(19-8-6-5-7-9-19)15-11-21-12-16-24(22)26(20)27(21)25;2*1-2/h3-17H,1H2,2H3;2*1-2H3/b18-4+;;. The summed E-state index contributed by atoms with van der Waals surface area (Å²) in [6.45, 7) is 14.1. The monoisotopic (exact) mass is 404 g/mol. The number of hydrogen-bond acceptors (Lipinski definition) is 0. The van der Waals surface area contributed by atoms with Crippen LogP contribution in [0, 0.1) is 0 Å². The van der Waals surface area contributed by atoms with Crippen molar-refractivity contribution in [3.05, 3.63) is 103 Å². The van der Waals surface area contributed by atoms with Crippen LogP contribution in [0.2, 0.25) is 0 Å². The zero-order chi connectivity index (χ0) is 22.4. The van der Waals surface area contributed by atoms with Gasteiger partial charge in [0.05, 0.1) is 0 Å².